The van der Waals surface area contributed by atoms with Gasteiger partial charge in [0, 0.05) is 34.6 Å². The van der Waals surface area contributed by atoms with Gasteiger partial charge >= 0.3 is 5.97 Å². The standard InChI is InChI=1S/C24H15N3O2S2/c28-24(29)20-14-16(23(31-20)19-8-5-13-30-19)15-9-12-27-22(18-7-2-4-11-26-18)21(15)17-6-1-3-10-25-17/h1-14H,(H,28,29). The molecule has 5 aromatic heterocycles. The van der Waals surface area contributed by atoms with Crippen LogP contribution in [0, 0.1) is 0 Å². The number of rotatable bonds is 5. The predicted molar refractivity (Wildman–Crippen MR) is 124 cm³/mol. The van der Waals surface area contributed by atoms with Crippen molar-refractivity contribution in [2.45, 2.75) is 0 Å². The lowest BCUT2D eigenvalue weighted by atomic mass is 9.95. The fourth-order valence-electron chi connectivity index (χ4n) is 3.44. The molecule has 1 N–H and O–H groups in total. The van der Waals surface area contributed by atoms with Crippen LogP contribution in [0.5, 0.6) is 0 Å². The Morgan fingerprint density at radius 2 is 1.58 bits per heavy atom. The fourth-order valence-corrected chi connectivity index (χ4v) is 5.32. The summed E-state index contributed by atoms with van der Waals surface area (Å²) in [6.45, 7) is 0. The van der Waals surface area contributed by atoms with Crippen LogP contribution in [0.2, 0.25) is 0 Å². The second kappa shape index (κ2) is 8.22. The van der Waals surface area contributed by atoms with Gasteiger partial charge in [0.05, 0.1) is 22.0 Å². The molecular weight excluding hydrogens is 426 g/mol. The van der Waals surface area contributed by atoms with E-state index in [0.29, 0.717) is 10.6 Å². The van der Waals surface area contributed by atoms with Crippen LogP contribution < -0.4 is 0 Å². The second-order valence-electron chi connectivity index (χ2n) is 6.65. The first-order valence-corrected chi connectivity index (χ1v) is 11.1. The Morgan fingerprint density at radius 1 is 0.806 bits per heavy atom. The van der Waals surface area contributed by atoms with Crippen molar-refractivity contribution in [2.24, 2.45) is 0 Å². The number of aromatic nitrogens is 3. The number of carboxylic acid groups (broad SMARTS) is 1. The summed E-state index contributed by atoms with van der Waals surface area (Å²) in [6, 6.07) is 19.1. The van der Waals surface area contributed by atoms with E-state index in [1.165, 1.54) is 11.3 Å². The molecular formula is C24H15N3O2S2. The van der Waals surface area contributed by atoms with Gasteiger partial charge in [0.15, 0.2) is 0 Å². The van der Waals surface area contributed by atoms with Gasteiger partial charge in [-0.25, -0.2) is 4.79 Å². The first kappa shape index (κ1) is 19.3. The van der Waals surface area contributed by atoms with Crippen molar-refractivity contribution >= 4 is 28.6 Å². The number of thiophene rings is 2. The molecule has 5 nitrogen and oxygen atoms in total. The van der Waals surface area contributed by atoms with Crippen LogP contribution in [0.25, 0.3) is 43.5 Å². The van der Waals surface area contributed by atoms with Crippen molar-refractivity contribution in [2.75, 3.05) is 0 Å². The van der Waals surface area contributed by atoms with Gasteiger partial charge in [-0.3, -0.25) is 15.0 Å². The lowest BCUT2D eigenvalue weighted by Gasteiger charge is -2.14. The summed E-state index contributed by atoms with van der Waals surface area (Å²) in [5, 5.41) is 11.7. The predicted octanol–water partition coefficient (Wildman–Crippen LogP) is 6.36. The molecule has 31 heavy (non-hydrogen) atoms. The van der Waals surface area contributed by atoms with Crippen molar-refractivity contribution in [1.29, 1.82) is 0 Å². The van der Waals surface area contributed by atoms with Crippen LogP contribution in [0.4, 0.5) is 0 Å². The Balaban J connectivity index is 1.83. The van der Waals surface area contributed by atoms with Crippen molar-refractivity contribution < 1.29 is 9.90 Å². The van der Waals surface area contributed by atoms with Crippen LogP contribution in [0.15, 0.2) is 84.6 Å². The van der Waals surface area contributed by atoms with E-state index in [9.17, 15) is 9.90 Å². The molecule has 0 amide bonds. The van der Waals surface area contributed by atoms with Crippen LogP contribution in [-0.4, -0.2) is 26.0 Å². The van der Waals surface area contributed by atoms with Crippen LogP contribution in [0.1, 0.15) is 9.67 Å². The molecule has 0 aliphatic rings. The van der Waals surface area contributed by atoms with Crippen LogP contribution >= 0.6 is 22.7 Å². The average Bonchev–Trinajstić information content (AvgIpc) is 3.50. The summed E-state index contributed by atoms with van der Waals surface area (Å²) in [6.07, 6.45) is 5.21. The molecule has 0 aliphatic heterocycles. The van der Waals surface area contributed by atoms with E-state index in [1.807, 2.05) is 60.0 Å². The van der Waals surface area contributed by atoms with Gasteiger partial charge in [0.1, 0.15) is 4.88 Å². The molecule has 5 heterocycles. The molecule has 0 saturated heterocycles. The van der Waals surface area contributed by atoms with Gasteiger partial charge in [-0.15, -0.1) is 22.7 Å². The molecule has 0 aromatic carbocycles. The van der Waals surface area contributed by atoms with E-state index >= 15 is 0 Å². The maximum absolute atomic E-state index is 11.8. The quantitative estimate of drug-likeness (QED) is 0.343. The third-order valence-corrected chi connectivity index (χ3v) is 6.93. The summed E-state index contributed by atoms with van der Waals surface area (Å²) in [5.41, 5.74) is 4.75. The second-order valence-corrected chi connectivity index (χ2v) is 8.65. The summed E-state index contributed by atoms with van der Waals surface area (Å²) in [7, 11) is 0. The van der Waals surface area contributed by atoms with Crippen LogP contribution in [-0.2, 0) is 0 Å². The number of aromatic carboxylic acids is 1. The van der Waals surface area contributed by atoms with Gasteiger partial charge < -0.3 is 5.11 Å². The van der Waals surface area contributed by atoms with Gasteiger partial charge in [0.25, 0.3) is 0 Å². The number of hydrogen-bond acceptors (Lipinski definition) is 6. The zero-order valence-electron chi connectivity index (χ0n) is 16.1. The summed E-state index contributed by atoms with van der Waals surface area (Å²) in [5.74, 6) is -0.938. The summed E-state index contributed by atoms with van der Waals surface area (Å²) < 4.78 is 0. The molecule has 0 radical (unpaired) electrons. The summed E-state index contributed by atoms with van der Waals surface area (Å²) >= 11 is 2.87. The Labute approximate surface area is 186 Å². The first-order chi connectivity index (χ1) is 15.2. The molecule has 0 bridgehead atoms. The van der Waals surface area contributed by atoms with Gasteiger partial charge in [-0.2, -0.15) is 0 Å². The Bertz CT molecular complexity index is 1350. The minimum absolute atomic E-state index is 0.293. The van der Waals surface area contributed by atoms with Gasteiger partial charge in [-0.05, 0) is 53.4 Å². The fraction of sp³-hybridized carbons (Fsp3) is 0. The highest BCUT2D eigenvalue weighted by atomic mass is 32.1. The van der Waals surface area contributed by atoms with Gasteiger partial charge in [0.2, 0.25) is 0 Å². The van der Waals surface area contributed by atoms with E-state index in [0.717, 1.165) is 37.8 Å². The zero-order valence-corrected chi connectivity index (χ0v) is 17.7. The Morgan fingerprint density at radius 3 is 2.23 bits per heavy atom. The Hall–Kier alpha value is -3.68. The molecule has 0 saturated carbocycles. The third kappa shape index (κ3) is 3.65. The normalized spacial score (nSPS) is 10.8. The summed E-state index contributed by atoms with van der Waals surface area (Å²) in [4.78, 5) is 27.7. The molecule has 5 aromatic rings. The molecule has 0 atom stereocenters. The zero-order chi connectivity index (χ0) is 21.2. The highest BCUT2D eigenvalue weighted by Crippen LogP contribution is 2.45. The molecule has 150 valence electrons. The number of nitrogens with zero attached hydrogens (tertiary/aromatic N) is 3. The molecule has 0 spiro atoms. The van der Waals surface area contributed by atoms with E-state index in [-0.39, 0.29) is 0 Å². The van der Waals surface area contributed by atoms with Crippen molar-refractivity contribution in [3.63, 3.8) is 0 Å². The molecule has 0 aliphatic carbocycles. The van der Waals surface area contributed by atoms with E-state index in [4.69, 9.17) is 0 Å². The lowest BCUT2D eigenvalue weighted by molar-refractivity contribution is 0.0702. The van der Waals surface area contributed by atoms with E-state index < -0.39 is 5.97 Å². The highest BCUT2D eigenvalue weighted by molar-refractivity contribution is 7.22. The molecule has 7 heteroatoms. The third-order valence-electron chi connectivity index (χ3n) is 4.76. The number of pyridine rings is 3. The maximum atomic E-state index is 11.8. The SMILES string of the molecule is O=C(O)c1cc(-c2ccnc(-c3ccccn3)c2-c2ccccn2)c(-c2cccs2)s1. The maximum Gasteiger partial charge on any atom is 0.345 e. The average molecular weight is 442 g/mol. The smallest absolute Gasteiger partial charge is 0.345 e. The van der Waals surface area contributed by atoms with Crippen LogP contribution in [0.3, 0.4) is 0 Å². The number of carbonyl (C=O) groups is 1. The number of hydrogen-bond donors (Lipinski definition) is 1. The lowest BCUT2D eigenvalue weighted by Crippen LogP contribution is -1.96. The Kier molecular flexibility index (Phi) is 5.11. The molecule has 0 fully saturated rings. The highest BCUT2D eigenvalue weighted by Gasteiger charge is 2.23. The molecule has 0 unspecified atom stereocenters. The van der Waals surface area contributed by atoms with Crippen molar-refractivity contribution in [3.05, 3.63) is 89.5 Å². The number of carboxylic acids is 1. The largest absolute Gasteiger partial charge is 0.477 e. The van der Waals surface area contributed by atoms with E-state index in [2.05, 4.69) is 15.0 Å². The van der Waals surface area contributed by atoms with Gasteiger partial charge in [-0.1, -0.05) is 18.2 Å². The molecule has 5 rings (SSSR count). The minimum atomic E-state index is -0.938. The first-order valence-electron chi connectivity index (χ1n) is 9.45. The van der Waals surface area contributed by atoms with Crippen molar-refractivity contribution in [1.82, 2.24) is 15.0 Å². The van der Waals surface area contributed by atoms with Crippen molar-refractivity contribution in [3.8, 4) is 43.5 Å². The van der Waals surface area contributed by atoms with E-state index in [1.54, 1.807) is 36.0 Å². The topological polar surface area (TPSA) is 76.0 Å². The monoisotopic (exact) mass is 441 g/mol. The minimum Gasteiger partial charge on any atom is -0.477 e.